The van der Waals surface area contributed by atoms with Crippen LogP contribution in [0.1, 0.15) is 26.3 Å². The molecule has 0 atom stereocenters. The van der Waals surface area contributed by atoms with Crippen LogP contribution in [0.5, 0.6) is 11.5 Å². The molecule has 0 radical (unpaired) electrons. The van der Waals surface area contributed by atoms with Crippen LogP contribution in [0.4, 0.5) is 0 Å². The molecule has 0 spiro atoms. The number of benzene rings is 3. The second kappa shape index (κ2) is 7.91. The number of allylic oxidation sites excluding steroid dienone is 1. The predicted molar refractivity (Wildman–Crippen MR) is 112 cm³/mol. The van der Waals surface area contributed by atoms with E-state index in [1.165, 1.54) is 18.2 Å². The van der Waals surface area contributed by atoms with Gasteiger partial charge >= 0.3 is 5.97 Å². The van der Waals surface area contributed by atoms with Crippen LogP contribution < -0.4 is 9.47 Å². The SMILES string of the molecule is O=C(Oc1ccc2c(c1)OC(=Cc1cccc(Cl)c1Cl)C2=O)c1ccc(Cl)cc1. The minimum atomic E-state index is -0.549. The van der Waals surface area contributed by atoms with Crippen molar-refractivity contribution in [3.8, 4) is 11.5 Å². The Morgan fingerprint density at radius 2 is 1.72 bits per heavy atom. The summed E-state index contributed by atoms with van der Waals surface area (Å²) in [6.45, 7) is 0. The highest BCUT2D eigenvalue weighted by molar-refractivity contribution is 6.43. The van der Waals surface area contributed by atoms with E-state index in [4.69, 9.17) is 44.3 Å². The van der Waals surface area contributed by atoms with Crippen molar-refractivity contribution in [1.82, 2.24) is 0 Å². The van der Waals surface area contributed by atoms with Gasteiger partial charge in [0.15, 0.2) is 5.76 Å². The molecular formula is C22H11Cl3O4. The van der Waals surface area contributed by atoms with E-state index in [1.807, 2.05) is 0 Å². The van der Waals surface area contributed by atoms with Crippen molar-refractivity contribution in [2.45, 2.75) is 0 Å². The Labute approximate surface area is 181 Å². The van der Waals surface area contributed by atoms with E-state index in [0.29, 0.717) is 37.5 Å². The molecule has 3 aromatic rings. The van der Waals surface area contributed by atoms with E-state index in [2.05, 4.69) is 0 Å². The molecule has 3 aromatic carbocycles. The lowest BCUT2D eigenvalue weighted by Crippen LogP contribution is -2.08. The maximum absolute atomic E-state index is 12.6. The molecule has 1 heterocycles. The summed E-state index contributed by atoms with van der Waals surface area (Å²) in [5, 5.41) is 1.22. The van der Waals surface area contributed by atoms with Gasteiger partial charge in [-0.05, 0) is 54.1 Å². The number of hydrogen-bond acceptors (Lipinski definition) is 4. The standard InChI is InChI=1S/C22H11Cl3O4/c23-14-6-4-12(5-7-14)22(27)28-15-8-9-16-18(11-15)29-19(21(16)26)10-13-2-1-3-17(24)20(13)25/h1-11H. The van der Waals surface area contributed by atoms with Gasteiger partial charge in [-0.3, -0.25) is 4.79 Å². The molecule has 1 aliphatic rings. The minimum Gasteiger partial charge on any atom is -0.452 e. The second-order valence-electron chi connectivity index (χ2n) is 6.14. The van der Waals surface area contributed by atoms with Gasteiger partial charge in [-0.2, -0.15) is 0 Å². The molecular weight excluding hydrogens is 435 g/mol. The Bertz CT molecular complexity index is 1170. The summed E-state index contributed by atoms with van der Waals surface area (Å²) in [7, 11) is 0. The first-order valence-corrected chi connectivity index (χ1v) is 9.56. The highest BCUT2D eigenvalue weighted by atomic mass is 35.5. The molecule has 0 fully saturated rings. The molecule has 1 aliphatic heterocycles. The second-order valence-corrected chi connectivity index (χ2v) is 7.36. The summed E-state index contributed by atoms with van der Waals surface area (Å²) < 4.78 is 11.0. The van der Waals surface area contributed by atoms with E-state index in [-0.39, 0.29) is 17.3 Å². The van der Waals surface area contributed by atoms with Crippen LogP contribution in [0.3, 0.4) is 0 Å². The number of carbonyl (C=O) groups is 2. The first kappa shape index (κ1) is 19.5. The normalized spacial score (nSPS) is 13.9. The Morgan fingerprint density at radius 1 is 0.966 bits per heavy atom. The zero-order chi connectivity index (χ0) is 20.5. The van der Waals surface area contributed by atoms with Gasteiger partial charge in [0, 0.05) is 11.1 Å². The molecule has 7 heteroatoms. The van der Waals surface area contributed by atoms with Gasteiger partial charge in [-0.15, -0.1) is 0 Å². The number of hydrogen-bond donors (Lipinski definition) is 0. The molecule has 0 aliphatic carbocycles. The van der Waals surface area contributed by atoms with Crippen molar-refractivity contribution >= 4 is 52.6 Å². The Morgan fingerprint density at radius 3 is 2.48 bits per heavy atom. The van der Waals surface area contributed by atoms with Crippen LogP contribution in [0.15, 0.2) is 66.4 Å². The predicted octanol–water partition coefficient (Wildman–Crippen LogP) is 6.48. The first-order chi connectivity index (χ1) is 13.9. The molecule has 0 saturated carbocycles. The zero-order valence-electron chi connectivity index (χ0n) is 14.6. The van der Waals surface area contributed by atoms with Crippen LogP contribution in [0.2, 0.25) is 15.1 Å². The third kappa shape index (κ3) is 4.01. The fraction of sp³-hybridized carbons (Fsp3) is 0. The van der Waals surface area contributed by atoms with Gasteiger partial charge in [0.25, 0.3) is 0 Å². The van der Waals surface area contributed by atoms with E-state index in [1.54, 1.807) is 48.5 Å². The van der Waals surface area contributed by atoms with Crippen LogP contribution in [0, 0.1) is 0 Å². The number of halogens is 3. The maximum Gasteiger partial charge on any atom is 0.343 e. The average molecular weight is 446 g/mol. The molecule has 0 aromatic heterocycles. The number of Topliss-reactive ketones (excluding diaryl/α,β-unsaturated/α-hetero) is 1. The van der Waals surface area contributed by atoms with Gasteiger partial charge in [0.1, 0.15) is 11.5 Å². The molecule has 0 bridgehead atoms. The third-order valence-electron chi connectivity index (χ3n) is 4.20. The monoisotopic (exact) mass is 444 g/mol. The number of ether oxygens (including phenoxy) is 2. The average Bonchev–Trinajstić information content (AvgIpc) is 3.01. The number of esters is 1. The smallest absolute Gasteiger partial charge is 0.343 e. The molecule has 29 heavy (non-hydrogen) atoms. The zero-order valence-corrected chi connectivity index (χ0v) is 16.9. The lowest BCUT2D eigenvalue weighted by Gasteiger charge is -2.06. The van der Waals surface area contributed by atoms with Crippen LogP contribution in [-0.2, 0) is 0 Å². The minimum absolute atomic E-state index is 0.102. The van der Waals surface area contributed by atoms with Gasteiger partial charge < -0.3 is 9.47 Å². The Hall–Kier alpha value is -2.79. The fourth-order valence-corrected chi connectivity index (χ4v) is 3.24. The summed E-state index contributed by atoms with van der Waals surface area (Å²) in [4.78, 5) is 24.8. The van der Waals surface area contributed by atoms with E-state index in [0.717, 1.165) is 0 Å². The molecule has 144 valence electrons. The Kier molecular flexibility index (Phi) is 5.33. The number of carbonyl (C=O) groups excluding carboxylic acids is 2. The van der Waals surface area contributed by atoms with Gasteiger partial charge in [0.05, 0.1) is 21.2 Å². The van der Waals surface area contributed by atoms with Gasteiger partial charge in [-0.1, -0.05) is 46.9 Å². The van der Waals surface area contributed by atoms with E-state index in [9.17, 15) is 9.59 Å². The van der Waals surface area contributed by atoms with Crippen LogP contribution in [0.25, 0.3) is 6.08 Å². The number of rotatable bonds is 3. The van der Waals surface area contributed by atoms with Crippen molar-refractivity contribution in [2.24, 2.45) is 0 Å². The third-order valence-corrected chi connectivity index (χ3v) is 5.29. The Balaban J connectivity index is 1.57. The molecule has 0 N–H and O–H groups in total. The van der Waals surface area contributed by atoms with Gasteiger partial charge in [-0.25, -0.2) is 4.79 Å². The molecule has 0 saturated heterocycles. The van der Waals surface area contributed by atoms with Crippen molar-refractivity contribution in [2.75, 3.05) is 0 Å². The molecule has 0 unspecified atom stereocenters. The topological polar surface area (TPSA) is 52.6 Å². The largest absolute Gasteiger partial charge is 0.452 e. The van der Waals surface area contributed by atoms with Crippen molar-refractivity contribution in [3.63, 3.8) is 0 Å². The summed E-state index contributed by atoms with van der Waals surface area (Å²) in [5.74, 6) is -0.205. The number of ketones is 1. The highest BCUT2D eigenvalue weighted by Gasteiger charge is 2.28. The van der Waals surface area contributed by atoms with E-state index >= 15 is 0 Å². The molecule has 4 rings (SSSR count). The first-order valence-electron chi connectivity index (χ1n) is 8.42. The lowest BCUT2D eigenvalue weighted by atomic mass is 10.1. The van der Waals surface area contributed by atoms with Crippen molar-refractivity contribution in [3.05, 3.63) is 98.2 Å². The quantitative estimate of drug-likeness (QED) is 0.263. The molecule has 0 amide bonds. The maximum atomic E-state index is 12.6. The molecule has 4 nitrogen and oxygen atoms in total. The van der Waals surface area contributed by atoms with Crippen LogP contribution in [-0.4, -0.2) is 11.8 Å². The highest BCUT2D eigenvalue weighted by Crippen LogP contribution is 2.36. The summed E-state index contributed by atoms with van der Waals surface area (Å²) in [5.41, 5.74) is 1.27. The number of fused-ring (bicyclic) bond motifs is 1. The van der Waals surface area contributed by atoms with Crippen molar-refractivity contribution in [1.29, 1.82) is 0 Å². The lowest BCUT2D eigenvalue weighted by molar-refractivity contribution is 0.0734. The van der Waals surface area contributed by atoms with Crippen LogP contribution >= 0.6 is 34.8 Å². The fourth-order valence-electron chi connectivity index (χ4n) is 2.76. The summed E-state index contributed by atoms with van der Waals surface area (Å²) in [6.07, 6.45) is 1.52. The van der Waals surface area contributed by atoms with E-state index < -0.39 is 5.97 Å². The summed E-state index contributed by atoms with van der Waals surface area (Å²) in [6, 6.07) is 16.0. The summed E-state index contributed by atoms with van der Waals surface area (Å²) >= 11 is 18.0. The van der Waals surface area contributed by atoms with Gasteiger partial charge in [0.2, 0.25) is 5.78 Å². The van der Waals surface area contributed by atoms with Crippen molar-refractivity contribution < 1.29 is 19.1 Å².